The summed E-state index contributed by atoms with van der Waals surface area (Å²) in [5.41, 5.74) is 0.879. The lowest BCUT2D eigenvalue weighted by molar-refractivity contribution is -0.155. The Morgan fingerprint density at radius 2 is 1.96 bits per heavy atom. The van der Waals surface area contributed by atoms with E-state index in [1.807, 2.05) is 19.9 Å². The lowest BCUT2D eigenvalue weighted by Gasteiger charge is -2.32. The minimum atomic E-state index is -0.570. The van der Waals surface area contributed by atoms with Crippen LogP contribution in [0.25, 0.3) is 0 Å². The molecule has 1 aromatic carbocycles. The van der Waals surface area contributed by atoms with Crippen molar-refractivity contribution in [3.63, 3.8) is 0 Å². The van der Waals surface area contributed by atoms with E-state index in [1.54, 1.807) is 28.8 Å². The number of benzene rings is 1. The maximum atomic E-state index is 13.5. The third-order valence-electron chi connectivity index (χ3n) is 4.95. The molecule has 0 aromatic heterocycles. The highest BCUT2D eigenvalue weighted by molar-refractivity contribution is 7.99. The Morgan fingerprint density at radius 1 is 1.21 bits per heavy atom. The number of hydrogen-bond donors (Lipinski definition) is 0. The summed E-state index contributed by atoms with van der Waals surface area (Å²) in [4.78, 5) is 27.8. The summed E-state index contributed by atoms with van der Waals surface area (Å²) in [5.74, 6) is 0.125. The van der Waals surface area contributed by atoms with Crippen LogP contribution in [0, 0.1) is 5.92 Å². The second-order valence-electron chi connectivity index (χ2n) is 7.04. The Kier molecular flexibility index (Phi) is 9.45. The van der Waals surface area contributed by atoms with E-state index >= 15 is 0 Å². The molecule has 1 saturated heterocycles. The number of carbonyl (C=O) groups excluding carboxylic acids is 2. The summed E-state index contributed by atoms with van der Waals surface area (Å²) in [5, 5.41) is 0.652. The molecule has 28 heavy (non-hydrogen) atoms. The molecule has 1 aliphatic rings. The minimum absolute atomic E-state index is 0.0236. The number of ether oxygens (including phenoxy) is 1. The summed E-state index contributed by atoms with van der Waals surface area (Å²) in [7, 11) is 0. The number of hydrogen-bond acceptors (Lipinski definition) is 4. The van der Waals surface area contributed by atoms with E-state index in [4.69, 9.17) is 27.9 Å². The van der Waals surface area contributed by atoms with Crippen molar-refractivity contribution in [3.8, 4) is 0 Å². The van der Waals surface area contributed by atoms with Crippen molar-refractivity contribution < 1.29 is 14.3 Å². The van der Waals surface area contributed by atoms with Crippen molar-refractivity contribution in [1.82, 2.24) is 4.90 Å². The lowest BCUT2D eigenvalue weighted by Crippen LogP contribution is -2.46. The van der Waals surface area contributed by atoms with Gasteiger partial charge in [0.15, 0.2) is 0 Å². The van der Waals surface area contributed by atoms with E-state index < -0.39 is 6.04 Å². The Morgan fingerprint density at radius 3 is 2.57 bits per heavy atom. The molecule has 3 unspecified atom stereocenters. The molecule has 156 valence electrons. The predicted molar refractivity (Wildman–Crippen MR) is 117 cm³/mol. The van der Waals surface area contributed by atoms with Crippen molar-refractivity contribution >= 4 is 46.8 Å². The highest BCUT2D eigenvalue weighted by atomic mass is 35.5. The molecule has 1 amide bonds. The van der Waals surface area contributed by atoms with Crippen molar-refractivity contribution in [2.75, 3.05) is 12.4 Å². The maximum Gasteiger partial charge on any atom is 0.329 e. The van der Waals surface area contributed by atoms with Gasteiger partial charge in [-0.3, -0.25) is 4.79 Å². The standard InChI is InChI=1S/C21H29Cl2NO3S/c1-4-7-8-14(6-3)19(25)24-18(21(26)27-11-5-2)13-28-20(24)15-9-10-16(22)17(23)12-15/h9-10,12,14,18,20H,4-8,11,13H2,1-3H3. The summed E-state index contributed by atoms with van der Waals surface area (Å²) in [6, 6.07) is 4.83. The van der Waals surface area contributed by atoms with Crippen molar-refractivity contribution in [1.29, 1.82) is 0 Å². The summed E-state index contributed by atoms with van der Waals surface area (Å²) < 4.78 is 5.38. The third kappa shape index (κ3) is 5.58. The first-order valence-corrected chi connectivity index (χ1v) is 11.8. The van der Waals surface area contributed by atoms with Gasteiger partial charge in [0.1, 0.15) is 11.4 Å². The van der Waals surface area contributed by atoms with Crippen LogP contribution in [-0.2, 0) is 14.3 Å². The fourth-order valence-corrected chi connectivity index (χ4v) is 5.06. The zero-order valence-corrected chi connectivity index (χ0v) is 19.1. The summed E-state index contributed by atoms with van der Waals surface area (Å²) >= 11 is 13.8. The molecule has 0 aliphatic carbocycles. The predicted octanol–water partition coefficient (Wildman–Crippen LogP) is 6.11. The van der Waals surface area contributed by atoms with E-state index in [9.17, 15) is 9.59 Å². The van der Waals surface area contributed by atoms with Gasteiger partial charge in [0.05, 0.1) is 16.7 Å². The average Bonchev–Trinajstić information content (AvgIpc) is 3.13. The molecule has 0 saturated carbocycles. The highest BCUT2D eigenvalue weighted by Crippen LogP contribution is 2.44. The molecule has 7 heteroatoms. The second kappa shape index (κ2) is 11.3. The molecule has 1 aromatic rings. The van der Waals surface area contributed by atoms with E-state index in [2.05, 4.69) is 6.92 Å². The zero-order chi connectivity index (χ0) is 20.7. The quantitative estimate of drug-likeness (QED) is 0.430. The van der Waals surface area contributed by atoms with E-state index in [0.29, 0.717) is 22.4 Å². The fraction of sp³-hybridized carbons (Fsp3) is 0.619. The van der Waals surface area contributed by atoms with Crippen LogP contribution >= 0.6 is 35.0 Å². The van der Waals surface area contributed by atoms with Crippen molar-refractivity contribution in [2.45, 2.75) is 64.3 Å². The molecule has 2 rings (SSSR count). The third-order valence-corrected chi connectivity index (χ3v) is 7.01. The van der Waals surface area contributed by atoms with Crippen LogP contribution in [0.15, 0.2) is 18.2 Å². The first kappa shape index (κ1) is 23.4. The number of amides is 1. The SMILES string of the molecule is CCCCC(CC)C(=O)N1C(C(=O)OCCC)CSC1c1ccc(Cl)c(Cl)c1. The van der Waals surface area contributed by atoms with Crippen LogP contribution in [0.1, 0.15) is 63.8 Å². The van der Waals surface area contributed by atoms with E-state index in [1.165, 1.54) is 0 Å². The Balaban J connectivity index is 2.33. The van der Waals surface area contributed by atoms with Gasteiger partial charge in [-0.25, -0.2) is 4.79 Å². The zero-order valence-electron chi connectivity index (χ0n) is 16.7. The number of esters is 1. The average molecular weight is 446 g/mol. The largest absolute Gasteiger partial charge is 0.464 e. The van der Waals surface area contributed by atoms with Gasteiger partial charge in [-0.2, -0.15) is 0 Å². The van der Waals surface area contributed by atoms with Gasteiger partial charge in [0, 0.05) is 11.7 Å². The minimum Gasteiger partial charge on any atom is -0.464 e. The molecule has 1 heterocycles. The Bertz CT molecular complexity index is 686. The number of thioether (sulfide) groups is 1. The molecular weight excluding hydrogens is 417 g/mol. The van der Waals surface area contributed by atoms with E-state index in [0.717, 1.165) is 37.7 Å². The second-order valence-corrected chi connectivity index (χ2v) is 8.96. The van der Waals surface area contributed by atoms with Gasteiger partial charge in [-0.15, -0.1) is 11.8 Å². The molecule has 0 spiro atoms. The van der Waals surface area contributed by atoms with Gasteiger partial charge in [-0.1, -0.05) is 62.9 Å². The molecule has 1 fully saturated rings. The molecule has 3 atom stereocenters. The van der Waals surface area contributed by atoms with Gasteiger partial charge >= 0.3 is 5.97 Å². The number of nitrogens with zero attached hydrogens (tertiary/aromatic N) is 1. The summed E-state index contributed by atoms with van der Waals surface area (Å²) in [6.07, 6.45) is 4.37. The monoisotopic (exact) mass is 445 g/mol. The van der Waals surface area contributed by atoms with Gasteiger partial charge in [0.25, 0.3) is 0 Å². The molecular formula is C21H29Cl2NO3S. The molecule has 0 radical (unpaired) electrons. The van der Waals surface area contributed by atoms with Crippen LogP contribution in [0.5, 0.6) is 0 Å². The summed E-state index contributed by atoms with van der Waals surface area (Å²) in [6.45, 7) is 6.47. The van der Waals surface area contributed by atoms with Crippen LogP contribution in [0.3, 0.4) is 0 Å². The molecule has 1 aliphatic heterocycles. The van der Waals surface area contributed by atoms with Crippen molar-refractivity contribution in [2.24, 2.45) is 5.92 Å². The fourth-order valence-electron chi connectivity index (χ4n) is 3.34. The maximum absolute atomic E-state index is 13.5. The van der Waals surface area contributed by atoms with Gasteiger partial charge in [0.2, 0.25) is 5.91 Å². The first-order chi connectivity index (χ1) is 13.4. The Hall–Kier alpha value is -0.910. The normalized spacial score (nSPS) is 20.2. The molecule has 4 nitrogen and oxygen atoms in total. The molecule has 0 N–H and O–H groups in total. The Labute approximate surface area is 182 Å². The first-order valence-electron chi connectivity index (χ1n) is 9.99. The number of unbranched alkanes of at least 4 members (excludes halogenated alkanes) is 1. The van der Waals surface area contributed by atoms with Crippen molar-refractivity contribution in [3.05, 3.63) is 33.8 Å². The van der Waals surface area contributed by atoms with Crippen LogP contribution in [0.4, 0.5) is 0 Å². The molecule has 0 bridgehead atoms. The lowest BCUT2D eigenvalue weighted by atomic mass is 9.96. The van der Waals surface area contributed by atoms with E-state index in [-0.39, 0.29) is 23.2 Å². The van der Waals surface area contributed by atoms with Crippen LogP contribution in [0.2, 0.25) is 10.0 Å². The number of halogens is 2. The highest BCUT2D eigenvalue weighted by Gasteiger charge is 2.44. The topological polar surface area (TPSA) is 46.6 Å². The van der Waals surface area contributed by atoms with Gasteiger partial charge < -0.3 is 9.64 Å². The van der Waals surface area contributed by atoms with Crippen LogP contribution in [-0.4, -0.2) is 35.2 Å². The number of carbonyl (C=O) groups is 2. The smallest absolute Gasteiger partial charge is 0.329 e. The number of rotatable bonds is 9. The van der Waals surface area contributed by atoms with Crippen LogP contribution < -0.4 is 0 Å². The van der Waals surface area contributed by atoms with Gasteiger partial charge in [-0.05, 0) is 37.0 Å².